The predicted molar refractivity (Wildman–Crippen MR) is 47.1 cm³/mol. The molecule has 0 aromatic rings. The Morgan fingerprint density at radius 3 is 2.53 bits per heavy atom. The largest absolute Gasteiger partial charge is 0.480 e. The van der Waals surface area contributed by atoms with Gasteiger partial charge in [-0.25, -0.2) is 0 Å². The summed E-state index contributed by atoms with van der Waals surface area (Å²) in [6.07, 6.45) is -3.02. The highest BCUT2D eigenvalue weighted by Crippen LogP contribution is 2.37. The van der Waals surface area contributed by atoms with Crippen LogP contribution >= 0.6 is 0 Å². The van der Waals surface area contributed by atoms with Crippen LogP contribution in [0.4, 0.5) is 13.2 Å². The van der Waals surface area contributed by atoms with Gasteiger partial charge in [0.25, 0.3) is 0 Å². The fourth-order valence-electron chi connectivity index (χ4n) is 1.59. The number of carboxylic acid groups (broad SMARTS) is 1. The van der Waals surface area contributed by atoms with Crippen molar-refractivity contribution in [2.24, 2.45) is 11.7 Å². The van der Waals surface area contributed by atoms with E-state index in [1.807, 2.05) is 0 Å². The fraction of sp³-hybridized carbons (Fsp3) is 0.667. The lowest BCUT2D eigenvalue weighted by atomic mass is 9.86. The van der Waals surface area contributed by atoms with Crippen LogP contribution in [0, 0.1) is 5.92 Å². The van der Waals surface area contributed by atoms with Crippen LogP contribution in [0.15, 0.2) is 11.6 Å². The van der Waals surface area contributed by atoms with Gasteiger partial charge in [0.2, 0.25) is 0 Å². The average molecular weight is 223 g/mol. The van der Waals surface area contributed by atoms with Crippen molar-refractivity contribution in [2.45, 2.75) is 31.5 Å². The van der Waals surface area contributed by atoms with E-state index in [1.54, 1.807) is 0 Å². The van der Waals surface area contributed by atoms with Gasteiger partial charge in [-0.3, -0.25) is 4.79 Å². The second-order valence-electron chi connectivity index (χ2n) is 3.61. The van der Waals surface area contributed by atoms with Crippen molar-refractivity contribution < 1.29 is 23.1 Å². The highest BCUT2D eigenvalue weighted by atomic mass is 19.4. The van der Waals surface area contributed by atoms with Gasteiger partial charge in [-0.2, -0.15) is 13.2 Å². The van der Waals surface area contributed by atoms with E-state index < -0.39 is 24.1 Å². The summed E-state index contributed by atoms with van der Waals surface area (Å²) in [7, 11) is 0. The van der Waals surface area contributed by atoms with Crippen molar-refractivity contribution in [3.8, 4) is 0 Å². The highest BCUT2D eigenvalue weighted by Gasteiger charge is 2.40. The van der Waals surface area contributed by atoms with Crippen molar-refractivity contribution in [3.63, 3.8) is 0 Å². The van der Waals surface area contributed by atoms with Crippen LogP contribution in [0.5, 0.6) is 0 Å². The number of rotatable bonds is 2. The summed E-state index contributed by atoms with van der Waals surface area (Å²) in [4.78, 5) is 10.5. The average Bonchev–Trinajstić information content (AvgIpc) is 2.15. The molecular weight excluding hydrogens is 211 g/mol. The molecule has 0 saturated heterocycles. The molecule has 2 atom stereocenters. The summed E-state index contributed by atoms with van der Waals surface area (Å²) >= 11 is 0. The first kappa shape index (κ1) is 12.0. The van der Waals surface area contributed by atoms with Crippen LogP contribution in [-0.2, 0) is 4.79 Å². The molecule has 15 heavy (non-hydrogen) atoms. The van der Waals surface area contributed by atoms with Gasteiger partial charge in [-0.05, 0) is 24.8 Å². The normalized spacial score (nSPS) is 24.5. The van der Waals surface area contributed by atoms with Gasteiger partial charge in [-0.1, -0.05) is 6.08 Å². The van der Waals surface area contributed by atoms with Crippen LogP contribution in [0.2, 0.25) is 0 Å². The zero-order chi connectivity index (χ0) is 11.6. The number of hydrogen-bond acceptors (Lipinski definition) is 2. The molecule has 1 aliphatic rings. The summed E-state index contributed by atoms with van der Waals surface area (Å²) in [5.74, 6) is -2.56. The molecule has 1 rings (SSSR count). The van der Waals surface area contributed by atoms with E-state index in [-0.39, 0.29) is 19.3 Å². The molecule has 1 aliphatic carbocycles. The van der Waals surface area contributed by atoms with Gasteiger partial charge in [0, 0.05) is 0 Å². The monoisotopic (exact) mass is 223 g/mol. The van der Waals surface area contributed by atoms with Crippen LogP contribution < -0.4 is 5.73 Å². The maximum Gasteiger partial charge on any atom is 0.392 e. The van der Waals surface area contributed by atoms with E-state index in [0.717, 1.165) is 0 Å². The Kier molecular flexibility index (Phi) is 3.38. The quantitative estimate of drug-likeness (QED) is 0.700. The highest BCUT2D eigenvalue weighted by molar-refractivity contribution is 5.77. The van der Waals surface area contributed by atoms with E-state index in [4.69, 9.17) is 10.8 Å². The number of alkyl halides is 3. The van der Waals surface area contributed by atoms with Gasteiger partial charge in [0.15, 0.2) is 0 Å². The molecule has 0 bridgehead atoms. The Balaban J connectivity index is 2.63. The molecule has 0 fully saturated rings. The van der Waals surface area contributed by atoms with Gasteiger partial charge in [-0.15, -0.1) is 0 Å². The van der Waals surface area contributed by atoms with Crippen molar-refractivity contribution in [2.75, 3.05) is 0 Å². The standard InChI is InChI=1S/C9H12F3NO2/c10-9(11,12)6-3-1-5(2-4-6)7(13)8(14)15/h1,6-7H,2-4,13H2,(H,14,15). The molecule has 86 valence electrons. The van der Waals surface area contributed by atoms with Crippen LogP contribution in [0.3, 0.4) is 0 Å². The molecule has 0 aromatic heterocycles. The fourth-order valence-corrected chi connectivity index (χ4v) is 1.59. The van der Waals surface area contributed by atoms with Gasteiger partial charge in [0.1, 0.15) is 6.04 Å². The Hall–Kier alpha value is -1.04. The number of nitrogens with two attached hydrogens (primary N) is 1. The van der Waals surface area contributed by atoms with E-state index in [9.17, 15) is 18.0 Å². The second kappa shape index (κ2) is 4.22. The molecule has 6 heteroatoms. The summed E-state index contributed by atoms with van der Waals surface area (Å²) in [6, 6.07) is -1.17. The molecule has 3 N–H and O–H groups in total. The minimum Gasteiger partial charge on any atom is -0.480 e. The number of carboxylic acids is 1. The first-order chi connectivity index (χ1) is 6.82. The van der Waals surface area contributed by atoms with Crippen molar-refractivity contribution >= 4 is 5.97 Å². The van der Waals surface area contributed by atoms with Gasteiger partial charge >= 0.3 is 12.1 Å². The zero-order valence-electron chi connectivity index (χ0n) is 7.92. The summed E-state index contributed by atoms with van der Waals surface area (Å²) in [5, 5.41) is 8.57. The van der Waals surface area contributed by atoms with Crippen LogP contribution in [-0.4, -0.2) is 23.3 Å². The lowest BCUT2D eigenvalue weighted by molar-refractivity contribution is -0.176. The summed E-state index contributed by atoms with van der Waals surface area (Å²) in [5.41, 5.74) is 5.69. The topological polar surface area (TPSA) is 63.3 Å². The Labute approximate surface area is 84.8 Å². The molecule has 2 unspecified atom stereocenters. The molecule has 0 spiro atoms. The number of carbonyl (C=O) groups is 1. The molecule has 0 amide bonds. The Bertz CT molecular complexity index is 286. The minimum atomic E-state index is -4.20. The maximum atomic E-state index is 12.3. The zero-order valence-corrected chi connectivity index (χ0v) is 7.92. The maximum absolute atomic E-state index is 12.3. The van der Waals surface area contributed by atoms with Gasteiger partial charge < -0.3 is 10.8 Å². The third kappa shape index (κ3) is 2.95. The predicted octanol–water partition coefficient (Wildman–Crippen LogP) is 1.69. The molecule has 0 saturated carbocycles. The third-order valence-corrected chi connectivity index (χ3v) is 2.57. The van der Waals surface area contributed by atoms with Crippen molar-refractivity contribution in [1.29, 1.82) is 0 Å². The molecule has 0 heterocycles. The van der Waals surface area contributed by atoms with Crippen molar-refractivity contribution in [1.82, 2.24) is 0 Å². The van der Waals surface area contributed by atoms with E-state index in [0.29, 0.717) is 5.57 Å². The third-order valence-electron chi connectivity index (χ3n) is 2.57. The smallest absolute Gasteiger partial charge is 0.392 e. The SMILES string of the molecule is NC(C(=O)O)C1=CCC(C(F)(F)F)CC1. The van der Waals surface area contributed by atoms with E-state index in [1.165, 1.54) is 6.08 Å². The Morgan fingerprint density at radius 2 is 2.20 bits per heavy atom. The summed E-state index contributed by atoms with van der Waals surface area (Å²) < 4.78 is 36.8. The molecule has 0 radical (unpaired) electrons. The van der Waals surface area contributed by atoms with Crippen LogP contribution in [0.1, 0.15) is 19.3 Å². The molecule has 0 aliphatic heterocycles. The lowest BCUT2D eigenvalue weighted by Gasteiger charge is -2.25. The van der Waals surface area contributed by atoms with Gasteiger partial charge in [0.05, 0.1) is 5.92 Å². The Morgan fingerprint density at radius 1 is 1.60 bits per heavy atom. The number of allylic oxidation sites excluding steroid dienone is 1. The molecular formula is C9H12F3NO2. The lowest BCUT2D eigenvalue weighted by Crippen LogP contribution is -2.34. The summed E-state index contributed by atoms with van der Waals surface area (Å²) in [6.45, 7) is 0. The molecule has 3 nitrogen and oxygen atoms in total. The first-order valence-corrected chi connectivity index (χ1v) is 4.56. The number of halogens is 3. The van der Waals surface area contributed by atoms with E-state index in [2.05, 4.69) is 0 Å². The van der Waals surface area contributed by atoms with Crippen LogP contribution in [0.25, 0.3) is 0 Å². The molecule has 0 aromatic carbocycles. The number of hydrogen-bond donors (Lipinski definition) is 2. The van der Waals surface area contributed by atoms with Crippen molar-refractivity contribution in [3.05, 3.63) is 11.6 Å². The van der Waals surface area contributed by atoms with E-state index >= 15 is 0 Å². The number of aliphatic carboxylic acids is 1. The minimum absolute atomic E-state index is 0.0731. The second-order valence-corrected chi connectivity index (χ2v) is 3.61. The first-order valence-electron chi connectivity index (χ1n) is 4.56.